The van der Waals surface area contributed by atoms with Crippen molar-refractivity contribution >= 4 is 33.4 Å². The topological polar surface area (TPSA) is 66.9 Å². The van der Waals surface area contributed by atoms with Crippen LogP contribution in [0, 0.1) is 0 Å². The lowest BCUT2D eigenvalue weighted by molar-refractivity contribution is 0.0711. The average molecular weight is 421 g/mol. The molecule has 0 N–H and O–H groups in total. The van der Waals surface area contributed by atoms with Crippen LogP contribution in [0.3, 0.4) is 0 Å². The molecule has 2 heterocycles. The van der Waals surface area contributed by atoms with Crippen LogP contribution in [0.5, 0.6) is 0 Å². The highest BCUT2D eigenvalue weighted by atomic mass is 35.5. The number of ether oxygens (including phenoxy) is 1. The fraction of sp³-hybridized carbons (Fsp3) is 0.350. The number of carbonyl (C=O) groups excluding carboxylic acids is 1. The first-order valence-corrected chi connectivity index (χ1v) is 11.1. The summed E-state index contributed by atoms with van der Waals surface area (Å²) in [5, 5.41) is 0.468. The van der Waals surface area contributed by atoms with Gasteiger partial charge in [0.05, 0.1) is 17.1 Å². The molecule has 1 amide bonds. The molecule has 2 aliphatic heterocycles. The Labute approximate surface area is 169 Å². The summed E-state index contributed by atoms with van der Waals surface area (Å²) in [7, 11) is -3.81. The van der Waals surface area contributed by atoms with E-state index in [1.165, 1.54) is 16.4 Å². The van der Waals surface area contributed by atoms with Crippen LogP contribution < -0.4 is 4.31 Å². The molecular formula is C20H21ClN2O4S. The summed E-state index contributed by atoms with van der Waals surface area (Å²) in [6, 6.07) is 13.4. The molecule has 0 spiro atoms. The van der Waals surface area contributed by atoms with E-state index >= 15 is 0 Å². The van der Waals surface area contributed by atoms with Gasteiger partial charge >= 0.3 is 6.09 Å². The molecule has 2 aromatic carbocycles. The lowest BCUT2D eigenvalue weighted by atomic mass is 10.0. The molecule has 1 fully saturated rings. The Kier molecular flexibility index (Phi) is 5.21. The average Bonchev–Trinajstić information content (AvgIpc) is 3.23. The number of para-hydroxylation sites is 1. The van der Waals surface area contributed by atoms with Crippen molar-refractivity contribution in [1.29, 1.82) is 0 Å². The predicted octanol–water partition coefficient (Wildman–Crippen LogP) is 3.69. The number of amides is 1. The number of likely N-dealkylation sites (tertiary alicyclic amines) is 1. The van der Waals surface area contributed by atoms with Crippen LogP contribution >= 0.6 is 11.6 Å². The SMILES string of the molecule is O=C(O[C@H]1Cc2ccccc2N(S(=O)(=O)c2ccc(Cl)cc2)C1)N1CCCC1. The number of fused-ring (bicyclic) bond motifs is 1. The fourth-order valence-electron chi connectivity index (χ4n) is 3.68. The van der Waals surface area contributed by atoms with E-state index < -0.39 is 16.1 Å². The van der Waals surface area contributed by atoms with E-state index in [2.05, 4.69) is 0 Å². The molecule has 0 aliphatic carbocycles. The maximum atomic E-state index is 13.3. The van der Waals surface area contributed by atoms with Crippen LogP contribution in [-0.4, -0.2) is 45.1 Å². The van der Waals surface area contributed by atoms with Crippen LogP contribution in [0.4, 0.5) is 10.5 Å². The molecule has 2 aliphatic rings. The van der Waals surface area contributed by atoms with Gasteiger partial charge in [0.25, 0.3) is 10.0 Å². The van der Waals surface area contributed by atoms with Crippen molar-refractivity contribution in [2.75, 3.05) is 23.9 Å². The fourth-order valence-corrected chi connectivity index (χ4v) is 5.34. The zero-order chi connectivity index (χ0) is 19.7. The first-order valence-electron chi connectivity index (χ1n) is 9.27. The van der Waals surface area contributed by atoms with Crippen LogP contribution in [0.2, 0.25) is 5.02 Å². The van der Waals surface area contributed by atoms with Crippen LogP contribution in [-0.2, 0) is 21.2 Å². The van der Waals surface area contributed by atoms with E-state index in [4.69, 9.17) is 16.3 Å². The Morgan fingerprint density at radius 1 is 1.04 bits per heavy atom. The lowest BCUT2D eigenvalue weighted by Gasteiger charge is -2.35. The van der Waals surface area contributed by atoms with Crippen molar-refractivity contribution in [3.63, 3.8) is 0 Å². The monoisotopic (exact) mass is 420 g/mol. The van der Waals surface area contributed by atoms with Gasteiger partial charge in [0.2, 0.25) is 0 Å². The van der Waals surface area contributed by atoms with Gasteiger partial charge in [0, 0.05) is 24.5 Å². The van der Waals surface area contributed by atoms with E-state index in [-0.39, 0.29) is 17.5 Å². The first kappa shape index (κ1) is 19.1. The smallest absolute Gasteiger partial charge is 0.410 e. The van der Waals surface area contributed by atoms with Crippen LogP contribution in [0.25, 0.3) is 0 Å². The van der Waals surface area contributed by atoms with Gasteiger partial charge in [-0.2, -0.15) is 0 Å². The molecule has 0 radical (unpaired) electrons. The zero-order valence-corrected chi connectivity index (χ0v) is 16.8. The number of hydrogen-bond donors (Lipinski definition) is 0. The quantitative estimate of drug-likeness (QED) is 0.759. The number of rotatable bonds is 3. The molecule has 0 saturated carbocycles. The Morgan fingerprint density at radius 3 is 2.43 bits per heavy atom. The maximum Gasteiger partial charge on any atom is 0.410 e. The standard InChI is InChI=1S/C20H21ClN2O4S/c21-16-7-9-18(10-8-16)28(25,26)23-14-17(13-15-5-1-2-6-19(15)23)27-20(24)22-11-3-4-12-22/h1-2,5-10,17H,3-4,11-14H2/t17-/m0/s1. The predicted molar refractivity (Wildman–Crippen MR) is 107 cm³/mol. The summed E-state index contributed by atoms with van der Waals surface area (Å²) in [5.74, 6) is 0. The van der Waals surface area contributed by atoms with E-state index in [0.717, 1.165) is 18.4 Å². The highest BCUT2D eigenvalue weighted by Crippen LogP contribution is 2.33. The van der Waals surface area contributed by atoms with Crippen molar-refractivity contribution < 1.29 is 17.9 Å². The van der Waals surface area contributed by atoms with Crippen LogP contribution in [0.15, 0.2) is 53.4 Å². The number of sulfonamides is 1. The molecule has 1 saturated heterocycles. The molecule has 148 valence electrons. The molecule has 0 bridgehead atoms. The molecule has 0 unspecified atom stereocenters. The number of halogens is 1. The normalized spacial score (nSPS) is 19.4. The van der Waals surface area contributed by atoms with Gasteiger partial charge in [-0.25, -0.2) is 13.2 Å². The Bertz CT molecular complexity index is 972. The number of benzene rings is 2. The number of anilines is 1. The van der Waals surface area contributed by atoms with Gasteiger partial charge in [-0.05, 0) is 48.7 Å². The van der Waals surface area contributed by atoms with Gasteiger partial charge in [-0.1, -0.05) is 29.8 Å². The van der Waals surface area contributed by atoms with E-state index in [0.29, 0.717) is 30.2 Å². The molecule has 2 aromatic rings. The lowest BCUT2D eigenvalue weighted by Crippen LogP contribution is -2.45. The summed E-state index contributed by atoms with van der Waals surface area (Å²) < 4.78 is 33.6. The number of carbonyl (C=O) groups is 1. The van der Waals surface area contributed by atoms with E-state index in [1.807, 2.05) is 12.1 Å². The number of nitrogens with zero attached hydrogens (tertiary/aromatic N) is 2. The second kappa shape index (κ2) is 7.64. The van der Waals surface area contributed by atoms with Crippen molar-refractivity contribution in [2.24, 2.45) is 0 Å². The zero-order valence-electron chi connectivity index (χ0n) is 15.3. The highest BCUT2D eigenvalue weighted by molar-refractivity contribution is 7.92. The molecule has 8 heteroatoms. The third-order valence-electron chi connectivity index (χ3n) is 5.11. The molecule has 4 rings (SSSR count). The van der Waals surface area contributed by atoms with Gasteiger partial charge in [-0.15, -0.1) is 0 Å². The summed E-state index contributed by atoms with van der Waals surface area (Å²) >= 11 is 5.90. The summed E-state index contributed by atoms with van der Waals surface area (Å²) in [4.78, 5) is 14.2. The molecule has 6 nitrogen and oxygen atoms in total. The van der Waals surface area contributed by atoms with E-state index in [9.17, 15) is 13.2 Å². The van der Waals surface area contributed by atoms with Gasteiger partial charge in [-0.3, -0.25) is 4.31 Å². The molecular weight excluding hydrogens is 400 g/mol. The summed E-state index contributed by atoms with van der Waals surface area (Å²) in [6.07, 6.45) is 1.53. The van der Waals surface area contributed by atoms with Gasteiger partial charge in [0.1, 0.15) is 6.10 Å². The van der Waals surface area contributed by atoms with Crippen LogP contribution in [0.1, 0.15) is 18.4 Å². The minimum Gasteiger partial charge on any atom is -0.444 e. The largest absolute Gasteiger partial charge is 0.444 e. The molecule has 28 heavy (non-hydrogen) atoms. The Hall–Kier alpha value is -2.25. The number of hydrogen-bond acceptors (Lipinski definition) is 4. The maximum absolute atomic E-state index is 13.3. The van der Waals surface area contributed by atoms with Gasteiger partial charge < -0.3 is 9.64 Å². The summed E-state index contributed by atoms with van der Waals surface area (Å²) in [5.41, 5.74) is 1.46. The van der Waals surface area contributed by atoms with Gasteiger partial charge in [0.15, 0.2) is 0 Å². The Balaban J connectivity index is 1.63. The third kappa shape index (κ3) is 3.69. The molecule has 1 atom stereocenters. The molecule has 0 aromatic heterocycles. The van der Waals surface area contributed by atoms with Crippen molar-refractivity contribution in [2.45, 2.75) is 30.3 Å². The van der Waals surface area contributed by atoms with E-state index in [1.54, 1.807) is 29.2 Å². The van der Waals surface area contributed by atoms with Crippen molar-refractivity contribution in [1.82, 2.24) is 4.90 Å². The first-order chi connectivity index (χ1) is 13.4. The van der Waals surface area contributed by atoms with Crippen molar-refractivity contribution in [3.8, 4) is 0 Å². The minimum atomic E-state index is -3.81. The minimum absolute atomic E-state index is 0.0849. The Morgan fingerprint density at radius 2 is 1.71 bits per heavy atom. The van der Waals surface area contributed by atoms with Crippen molar-refractivity contribution in [3.05, 3.63) is 59.1 Å². The summed E-state index contributed by atoms with van der Waals surface area (Å²) in [6.45, 7) is 1.46. The second-order valence-corrected chi connectivity index (χ2v) is 9.32. The second-order valence-electron chi connectivity index (χ2n) is 7.02. The third-order valence-corrected chi connectivity index (χ3v) is 7.16. The highest BCUT2D eigenvalue weighted by Gasteiger charge is 2.35.